The van der Waals surface area contributed by atoms with Gasteiger partial charge in [-0.05, 0) is 25.7 Å². The van der Waals surface area contributed by atoms with Crippen molar-refractivity contribution in [1.82, 2.24) is 0 Å². The summed E-state index contributed by atoms with van der Waals surface area (Å²) >= 11 is 0. The highest BCUT2D eigenvalue weighted by molar-refractivity contribution is 5.92. The normalized spacial score (nSPS) is 12.4. The number of carboxylic acid groups (broad SMARTS) is 2. The van der Waals surface area contributed by atoms with Crippen LogP contribution < -0.4 is 0 Å². The van der Waals surface area contributed by atoms with Gasteiger partial charge in [0.15, 0.2) is 0 Å². The topological polar surface area (TPSA) is 154 Å². The molecule has 0 radical (unpaired) electrons. The number of ether oxygens (including phenoxy) is 3. The molecule has 0 aliphatic heterocycles. The lowest BCUT2D eigenvalue weighted by Gasteiger charge is -2.29. The van der Waals surface area contributed by atoms with Gasteiger partial charge in [-0.25, -0.2) is 4.79 Å². The predicted octanol–water partition coefficient (Wildman–Crippen LogP) is 4.03. The van der Waals surface area contributed by atoms with Gasteiger partial charge in [0.05, 0.1) is 26.1 Å². The summed E-state index contributed by atoms with van der Waals surface area (Å²) in [7, 11) is 0. The van der Waals surface area contributed by atoms with Gasteiger partial charge in [-0.3, -0.25) is 19.2 Å². The SMILES string of the molecule is CCCCOC(=O)CC(CC(=O)O)(OC(=O)CCCCCCCCC(=O)O)C(=O)OCCCC. The molecule has 2 N–H and O–H groups in total. The first-order valence-corrected chi connectivity index (χ1v) is 12.1. The molecule has 0 spiro atoms. The van der Waals surface area contributed by atoms with Crippen LogP contribution in [0.4, 0.5) is 0 Å². The third-order valence-corrected chi connectivity index (χ3v) is 5.06. The smallest absolute Gasteiger partial charge is 0.351 e. The molecule has 0 aliphatic carbocycles. The van der Waals surface area contributed by atoms with Crippen LogP contribution in [0.2, 0.25) is 0 Å². The van der Waals surface area contributed by atoms with Crippen LogP contribution in [0.25, 0.3) is 0 Å². The highest BCUT2D eigenvalue weighted by atomic mass is 16.6. The summed E-state index contributed by atoms with van der Waals surface area (Å²) in [5, 5.41) is 18.0. The number of hydrogen-bond acceptors (Lipinski definition) is 8. The van der Waals surface area contributed by atoms with Crippen LogP contribution >= 0.6 is 0 Å². The summed E-state index contributed by atoms with van der Waals surface area (Å²) in [6.07, 6.45) is 5.25. The molecule has 34 heavy (non-hydrogen) atoms. The third kappa shape index (κ3) is 15.2. The lowest BCUT2D eigenvalue weighted by molar-refractivity contribution is -0.190. The van der Waals surface area contributed by atoms with Crippen molar-refractivity contribution in [3.63, 3.8) is 0 Å². The highest BCUT2D eigenvalue weighted by Crippen LogP contribution is 2.26. The van der Waals surface area contributed by atoms with Crippen LogP contribution in [0.5, 0.6) is 0 Å². The molecule has 0 aromatic heterocycles. The second-order valence-corrected chi connectivity index (χ2v) is 8.29. The van der Waals surface area contributed by atoms with E-state index in [0.29, 0.717) is 32.1 Å². The zero-order chi connectivity index (χ0) is 25.8. The predicted molar refractivity (Wildman–Crippen MR) is 122 cm³/mol. The second-order valence-electron chi connectivity index (χ2n) is 8.29. The Balaban J connectivity index is 5.03. The molecule has 0 aromatic carbocycles. The maximum atomic E-state index is 12.8. The minimum Gasteiger partial charge on any atom is -0.481 e. The van der Waals surface area contributed by atoms with Crippen LogP contribution in [0.1, 0.15) is 104 Å². The molecule has 196 valence electrons. The van der Waals surface area contributed by atoms with Gasteiger partial charge in [0.2, 0.25) is 5.60 Å². The Morgan fingerprint density at radius 2 is 1.15 bits per heavy atom. The van der Waals surface area contributed by atoms with Crippen molar-refractivity contribution < 1.29 is 48.4 Å². The van der Waals surface area contributed by atoms with Crippen molar-refractivity contribution in [3.8, 4) is 0 Å². The van der Waals surface area contributed by atoms with Gasteiger partial charge in [0.25, 0.3) is 0 Å². The summed E-state index contributed by atoms with van der Waals surface area (Å²) in [4.78, 5) is 59.6. The van der Waals surface area contributed by atoms with Crippen molar-refractivity contribution in [3.05, 3.63) is 0 Å². The molecule has 0 rings (SSSR count). The number of unbranched alkanes of at least 4 members (excludes halogenated alkanes) is 7. The van der Waals surface area contributed by atoms with Gasteiger partial charge in [-0.2, -0.15) is 0 Å². The lowest BCUT2D eigenvalue weighted by atomic mass is 9.94. The van der Waals surface area contributed by atoms with Crippen molar-refractivity contribution >= 4 is 29.8 Å². The number of esters is 3. The monoisotopic (exact) mass is 488 g/mol. The molecule has 0 fully saturated rings. The van der Waals surface area contributed by atoms with Crippen LogP contribution in [0, 0.1) is 0 Å². The Kier molecular flexibility index (Phi) is 17.3. The van der Waals surface area contributed by atoms with E-state index in [1.165, 1.54) is 0 Å². The van der Waals surface area contributed by atoms with Crippen LogP contribution in [-0.2, 0) is 38.2 Å². The minimum atomic E-state index is -2.28. The van der Waals surface area contributed by atoms with Crippen LogP contribution in [-0.4, -0.2) is 58.9 Å². The highest BCUT2D eigenvalue weighted by Gasteiger charge is 2.48. The van der Waals surface area contributed by atoms with E-state index in [1.807, 2.05) is 13.8 Å². The largest absolute Gasteiger partial charge is 0.481 e. The maximum absolute atomic E-state index is 12.8. The zero-order valence-corrected chi connectivity index (χ0v) is 20.5. The van der Waals surface area contributed by atoms with Gasteiger partial charge in [0, 0.05) is 12.8 Å². The molecule has 0 amide bonds. The van der Waals surface area contributed by atoms with Crippen LogP contribution in [0.3, 0.4) is 0 Å². The Morgan fingerprint density at radius 3 is 1.68 bits per heavy atom. The molecular weight excluding hydrogens is 448 g/mol. The number of carboxylic acids is 2. The number of rotatable bonds is 21. The first kappa shape index (κ1) is 31.4. The quantitative estimate of drug-likeness (QED) is 0.137. The van der Waals surface area contributed by atoms with E-state index in [9.17, 15) is 29.1 Å². The van der Waals surface area contributed by atoms with E-state index in [1.54, 1.807) is 0 Å². The Labute approximate surface area is 201 Å². The van der Waals surface area contributed by atoms with Gasteiger partial charge >= 0.3 is 29.8 Å². The molecule has 1 unspecified atom stereocenters. The van der Waals surface area contributed by atoms with E-state index in [-0.39, 0.29) is 26.1 Å². The van der Waals surface area contributed by atoms with E-state index >= 15 is 0 Å². The molecule has 10 heteroatoms. The molecule has 0 aromatic rings. The van der Waals surface area contributed by atoms with Gasteiger partial charge in [-0.1, -0.05) is 52.4 Å². The summed E-state index contributed by atoms with van der Waals surface area (Å²) in [5.74, 6) is -4.93. The molecule has 0 saturated heterocycles. The minimum absolute atomic E-state index is 0.0149. The average Bonchev–Trinajstić information content (AvgIpc) is 2.75. The van der Waals surface area contributed by atoms with Crippen molar-refractivity contribution in [2.75, 3.05) is 13.2 Å². The van der Waals surface area contributed by atoms with E-state index in [0.717, 1.165) is 32.1 Å². The molecule has 1 atom stereocenters. The standard InChI is InChI=1S/C24H40O10/c1-3-5-15-32-22(30)18-24(17-20(27)28,23(31)33-16-6-4-2)34-21(29)14-12-10-8-7-9-11-13-19(25)26/h3-18H2,1-2H3,(H,25,26)(H,27,28). The summed E-state index contributed by atoms with van der Waals surface area (Å²) in [6, 6.07) is 0. The second kappa shape index (κ2) is 18.7. The third-order valence-electron chi connectivity index (χ3n) is 5.06. The molecule has 0 heterocycles. The molecular formula is C24H40O10. The first-order chi connectivity index (χ1) is 16.2. The molecule has 10 nitrogen and oxygen atoms in total. The first-order valence-electron chi connectivity index (χ1n) is 12.1. The molecule has 0 aliphatic rings. The Hall–Kier alpha value is -2.65. The fourth-order valence-electron chi connectivity index (χ4n) is 3.14. The fraction of sp³-hybridized carbons (Fsp3) is 0.792. The van der Waals surface area contributed by atoms with E-state index in [4.69, 9.17) is 19.3 Å². The maximum Gasteiger partial charge on any atom is 0.351 e. The van der Waals surface area contributed by atoms with E-state index < -0.39 is 48.3 Å². The molecule has 0 saturated carbocycles. The number of aliphatic carboxylic acids is 2. The number of carbonyl (C=O) groups excluding carboxylic acids is 3. The summed E-state index contributed by atoms with van der Waals surface area (Å²) < 4.78 is 15.5. The molecule has 0 bridgehead atoms. The lowest BCUT2D eigenvalue weighted by Crippen LogP contribution is -2.48. The van der Waals surface area contributed by atoms with Crippen LogP contribution in [0.15, 0.2) is 0 Å². The number of carbonyl (C=O) groups is 5. The summed E-state index contributed by atoms with van der Waals surface area (Å²) in [5.41, 5.74) is -2.28. The van der Waals surface area contributed by atoms with Gasteiger partial charge in [-0.15, -0.1) is 0 Å². The zero-order valence-electron chi connectivity index (χ0n) is 20.5. The Bertz CT molecular complexity index is 646. The van der Waals surface area contributed by atoms with Crippen molar-refractivity contribution in [2.45, 2.75) is 109 Å². The van der Waals surface area contributed by atoms with E-state index in [2.05, 4.69) is 0 Å². The fourth-order valence-corrected chi connectivity index (χ4v) is 3.14. The number of hydrogen-bond donors (Lipinski definition) is 2. The average molecular weight is 489 g/mol. The van der Waals surface area contributed by atoms with Gasteiger partial charge in [0.1, 0.15) is 0 Å². The van der Waals surface area contributed by atoms with Gasteiger partial charge < -0.3 is 24.4 Å². The van der Waals surface area contributed by atoms with Crippen molar-refractivity contribution in [1.29, 1.82) is 0 Å². The van der Waals surface area contributed by atoms with Crippen molar-refractivity contribution in [2.24, 2.45) is 0 Å². The Morgan fingerprint density at radius 1 is 0.618 bits per heavy atom. The summed E-state index contributed by atoms with van der Waals surface area (Å²) in [6.45, 7) is 3.92.